The lowest BCUT2D eigenvalue weighted by molar-refractivity contribution is -0.121. The van der Waals surface area contributed by atoms with Crippen LogP contribution >= 0.6 is 0 Å². The van der Waals surface area contributed by atoms with Crippen molar-refractivity contribution in [3.05, 3.63) is 48.8 Å². The molecule has 0 saturated carbocycles. The maximum absolute atomic E-state index is 12.0. The third kappa shape index (κ3) is 3.32. The number of anilines is 1. The zero-order valence-electron chi connectivity index (χ0n) is 13.7. The van der Waals surface area contributed by atoms with Crippen LogP contribution in [0.2, 0.25) is 0 Å². The van der Waals surface area contributed by atoms with Gasteiger partial charge in [0.2, 0.25) is 5.91 Å². The van der Waals surface area contributed by atoms with E-state index in [1.807, 2.05) is 50.2 Å². The number of hydrogen-bond donors (Lipinski definition) is 2. The molecule has 0 radical (unpaired) electrons. The van der Waals surface area contributed by atoms with Gasteiger partial charge in [0.05, 0.1) is 5.52 Å². The molecule has 0 spiro atoms. The Labute approximate surface area is 140 Å². The van der Waals surface area contributed by atoms with Crippen molar-refractivity contribution < 1.29 is 4.79 Å². The van der Waals surface area contributed by atoms with Crippen LogP contribution in [0.15, 0.2) is 48.8 Å². The summed E-state index contributed by atoms with van der Waals surface area (Å²) in [5.41, 5.74) is 1.65. The van der Waals surface area contributed by atoms with E-state index < -0.39 is 6.04 Å². The molecular weight excluding hydrogens is 302 g/mol. The summed E-state index contributed by atoms with van der Waals surface area (Å²) in [7, 11) is 0. The van der Waals surface area contributed by atoms with Gasteiger partial charge in [-0.3, -0.25) is 9.78 Å². The standard InChI is InChI=1S/C18H19N5O/c1-3-20-18(24)12(2)21-17-14-8-4-5-9-15(14)22-16(23-17)13-7-6-10-19-11-13/h4-12H,3H2,1-2H3,(H,20,24)(H,21,22,23). The molecule has 1 atom stereocenters. The number of likely N-dealkylation sites (N-methyl/N-ethyl adjacent to an activating group) is 1. The predicted molar refractivity (Wildman–Crippen MR) is 94.5 cm³/mol. The van der Waals surface area contributed by atoms with Gasteiger partial charge in [-0.2, -0.15) is 0 Å². The number of rotatable bonds is 5. The summed E-state index contributed by atoms with van der Waals surface area (Å²) >= 11 is 0. The summed E-state index contributed by atoms with van der Waals surface area (Å²) in [5.74, 6) is 1.15. The molecule has 0 bridgehead atoms. The molecule has 1 aromatic carbocycles. The van der Waals surface area contributed by atoms with Crippen molar-refractivity contribution in [3.63, 3.8) is 0 Å². The van der Waals surface area contributed by atoms with E-state index in [0.29, 0.717) is 18.2 Å². The average Bonchev–Trinajstić information content (AvgIpc) is 2.62. The van der Waals surface area contributed by atoms with Crippen molar-refractivity contribution in [2.75, 3.05) is 11.9 Å². The molecule has 6 heteroatoms. The number of carbonyl (C=O) groups is 1. The number of carbonyl (C=O) groups excluding carboxylic acids is 1. The molecule has 0 aliphatic carbocycles. The van der Waals surface area contributed by atoms with Crippen LogP contribution in [0.25, 0.3) is 22.3 Å². The molecule has 1 unspecified atom stereocenters. The van der Waals surface area contributed by atoms with Gasteiger partial charge in [-0.25, -0.2) is 9.97 Å². The van der Waals surface area contributed by atoms with Gasteiger partial charge in [-0.1, -0.05) is 12.1 Å². The van der Waals surface area contributed by atoms with Crippen molar-refractivity contribution in [2.24, 2.45) is 0 Å². The van der Waals surface area contributed by atoms with Gasteiger partial charge < -0.3 is 10.6 Å². The molecule has 122 valence electrons. The Morgan fingerprint density at radius 1 is 1.17 bits per heavy atom. The highest BCUT2D eigenvalue weighted by molar-refractivity contribution is 5.93. The van der Waals surface area contributed by atoms with Gasteiger partial charge in [-0.15, -0.1) is 0 Å². The molecular formula is C18H19N5O. The predicted octanol–water partition coefficient (Wildman–Crippen LogP) is 2.63. The molecule has 0 aliphatic rings. The van der Waals surface area contributed by atoms with Crippen LogP contribution in [0.4, 0.5) is 5.82 Å². The topological polar surface area (TPSA) is 79.8 Å². The molecule has 3 aromatic rings. The van der Waals surface area contributed by atoms with Gasteiger partial charge in [0.15, 0.2) is 5.82 Å². The lowest BCUT2D eigenvalue weighted by Crippen LogP contribution is -2.37. The van der Waals surface area contributed by atoms with E-state index in [9.17, 15) is 4.79 Å². The van der Waals surface area contributed by atoms with E-state index in [1.165, 1.54) is 0 Å². The average molecular weight is 321 g/mol. The molecule has 24 heavy (non-hydrogen) atoms. The number of nitrogens with zero attached hydrogens (tertiary/aromatic N) is 3. The number of benzene rings is 1. The number of para-hydroxylation sites is 1. The van der Waals surface area contributed by atoms with Gasteiger partial charge in [0.25, 0.3) is 0 Å². The van der Waals surface area contributed by atoms with Crippen molar-refractivity contribution in [3.8, 4) is 11.4 Å². The Kier molecular flexibility index (Phi) is 4.65. The van der Waals surface area contributed by atoms with Crippen LogP contribution in [0, 0.1) is 0 Å². The van der Waals surface area contributed by atoms with Gasteiger partial charge in [0.1, 0.15) is 11.9 Å². The number of hydrogen-bond acceptors (Lipinski definition) is 5. The van der Waals surface area contributed by atoms with E-state index in [2.05, 4.69) is 25.6 Å². The van der Waals surface area contributed by atoms with E-state index >= 15 is 0 Å². The molecule has 6 nitrogen and oxygen atoms in total. The minimum Gasteiger partial charge on any atom is -0.358 e. The Balaban J connectivity index is 2.03. The molecule has 2 N–H and O–H groups in total. The Hall–Kier alpha value is -3.02. The van der Waals surface area contributed by atoms with Crippen LogP contribution in [-0.2, 0) is 4.79 Å². The first-order valence-electron chi connectivity index (χ1n) is 7.90. The van der Waals surface area contributed by atoms with Crippen molar-refractivity contribution in [1.82, 2.24) is 20.3 Å². The zero-order valence-corrected chi connectivity index (χ0v) is 13.7. The van der Waals surface area contributed by atoms with Gasteiger partial charge >= 0.3 is 0 Å². The number of nitrogens with one attached hydrogen (secondary N) is 2. The van der Waals surface area contributed by atoms with E-state index in [-0.39, 0.29) is 5.91 Å². The highest BCUT2D eigenvalue weighted by Gasteiger charge is 2.15. The second-order valence-corrected chi connectivity index (χ2v) is 5.42. The number of aromatic nitrogens is 3. The maximum Gasteiger partial charge on any atom is 0.242 e. The summed E-state index contributed by atoms with van der Waals surface area (Å²) in [6.07, 6.45) is 3.43. The van der Waals surface area contributed by atoms with Crippen LogP contribution in [0.1, 0.15) is 13.8 Å². The fourth-order valence-electron chi connectivity index (χ4n) is 2.41. The summed E-state index contributed by atoms with van der Waals surface area (Å²) in [4.78, 5) is 25.3. The van der Waals surface area contributed by atoms with E-state index in [1.54, 1.807) is 12.4 Å². The summed E-state index contributed by atoms with van der Waals surface area (Å²) in [5, 5.41) is 6.88. The second-order valence-electron chi connectivity index (χ2n) is 5.42. The third-order valence-corrected chi connectivity index (χ3v) is 3.62. The lowest BCUT2D eigenvalue weighted by atomic mass is 10.2. The lowest BCUT2D eigenvalue weighted by Gasteiger charge is -2.16. The Morgan fingerprint density at radius 2 is 2.00 bits per heavy atom. The largest absolute Gasteiger partial charge is 0.358 e. The molecule has 3 rings (SSSR count). The third-order valence-electron chi connectivity index (χ3n) is 3.62. The molecule has 2 aromatic heterocycles. The smallest absolute Gasteiger partial charge is 0.242 e. The number of pyridine rings is 1. The van der Waals surface area contributed by atoms with Crippen LogP contribution in [-0.4, -0.2) is 33.4 Å². The molecule has 1 amide bonds. The van der Waals surface area contributed by atoms with E-state index in [4.69, 9.17) is 0 Å². The maximum atomic E-state index is 12.0. The minimum absolute atomic E-state index is 0.0666. The van der Waals surface area contributed by atoms with Crippen molar-refractivity contribution in [1.29, 1.82) is 0 Å². The summed E-state index contributed by atoms with van der Waals surface area (Å²) in [6.45, 7) is 4.30. The summed E-state index contributed by atoms with van der Waals surface area (Å²) < 4.78 is 0. The number of fused-ring (bicyclic) bond motifs is 1. The SMILES string of the molecule is CCNC(=O)C(C)Nc1nc(-c2cccnc2)nc2ccccc12. The summed E-state index contributed by atoms with van der Waals surface area (Å²) in [6, 6.07) is 11.1. The first-order chi connectivity index (χ1) is 11.7. The fourth-order valence-corrected chi connectivity index (χ4v) is 2.41. The fraction of sp³-hybridized carbons (Fsp3) is 0.222. The number of amides is 1. The Morgan fingerprint density at radius 3 is 2.75 bits per heavy atom. The molecule has 0 aliphatic heterocycles. The van der Waals surface area contributed by atoms with Crippen LogP contribution in [0.3, 0.4) is 0 Å². The highest BCUT2D eigenvalue weighted by atomic mass is 16.2. The first kappa shape index (κ1) is 15.9. The normalized spacial score (nSPS) is 11.9. The highest BCUT2D eigenvalue weighted by Crippen LogP contribution is 2.24. The monoisotopic (exact) mass is 321 g/mol. The second kappa shape index (κ2) is 7.04. The Bertz CT molecular complexity index is 850. The quantitative estimate of drug-likeness (QED) is 0.755. The van der Waals surface area contributed by atoms with Gasteiger partial charge in [-0.05, 0) is 38.1 Å². The van der Waals surface area contributed by atoms with Gasteiger partial charge in [0, 0.05) is 29.9 Å². The molecule has 2 heterocycles. The van der Waals surface area contributed by atoms with Crippen molar-refractivity contribution >= 4 is 22.6 Å². The van der Waals surface area contributed by atoms with Crippen LogP contribution < -0.4 is 10.6 Å². The zero-order chi connectivity index (χ0) is 16.9. The van der Waals surface area contributed by atoms with E-state index in [0.717, 1.165) is 16.5 Å². The minimum atomic E-state index is -0.398. The first-order valence-corrected chi connectivity index (χ1v) is 7.90. The molecule has 0 saturated heterocycles. The van der Waals surface area contributed by atoms with Crippen molar-refractivity contribution in [2.45, 2.75) is 19.9 Å². The molecule has 0 fully saturated rings. The van der Waals surface area contributed by atoms with Crippen LogP contribution in [0.5, 0.6) is 0 Å².